The fraction of sp³-hybridized carbons (Fsp3) is 0.136. The molecular weight excluding hydrogens is 400 g/mol. The number of hydrogen-bond donors (Lipinski definition) is 1. The lowest BCUT2D eigenvalue weighted by atomic mass is 10.1. The standard InChI is InChI=1S/C22H18N4O3S/c1-13-20-17(12-19(28)25(13)11-10-14-6-8-15(27)9-7-14)24-26(21(20)29)22-23-16-4-2-3-5-18(16)30-22/h2-9,12,27-28H,10-11H2,1H3/p-1. The summed E-state index contributed by atoms with van der Waals surface area (Å²) >= 11 is 1.39. The maximum Gasteiger partial charge on any atom is 0.284 e. The summed E-state index contributed by atoms with van der Waals surface area (Å²) in [5.41, 5.74) is 2.92. The normalized spacial score (nSPS) is 11.5. The molecule has 0 amide bonds. The van der Waals surface area contributed by atoms with Crippen LogP contribution >= 0.6 is 11.3 Å². The zero-order valence-electron chi connectivity index (χ0n) is 16.1. The molecule has 7 nitrogen and oxygen atoms in total. The van der Waals surface area contributed by atoms with Gasteiger partial charge in [-0.2, -0.15) is 9.78 Å². The molecule has 0 fully saturated rings. The van der Waals surface area contributed by atoms with Gasteiger partial charge >= 0.3 is 0 Å². The minimum absolute atomic E-state index is 0.201. The van der Waals surface area contributed by atoms with Crippen molar-refractivity contribution in [1.82, 2.24) is 19.3 Å². The van der Waals surface area contributed by atoms with Gasteiger partial charge in [-0.25, -0.2) is 4.98 Å². The summed E-state index contributed by atoms with van der Waals surface area (Å²) in [5.74, 6) is -0.000460. The molecule has 0 saturated carbocycles. The molecule has 0 spiro atoms. The van der Waals surface area contributed by atoms with Crippen molar-refractivity contribution in [2.75, 3.05) is 0 Å². The van der Waals surface area contributed by atoms with Crippen molar-refractivity contribution in [1.29, 1.82) is 0 Å². The molecule has 0 bridgehead atoms. The predicted octanol–water partition coefficient (Wildman–Crippen LogP) is 3.08. The number of aromatic nitrogens is 4. The highest BCUT2D eigenvalue weighted by atomic mass is 32.1. The first-order valence-corrected chi connectivity index (χ1v) is 10.3. The second kappa shape index (κ2) is 7.00. The summed E-state index contributed by atoms with van der Waals surface area (Å²) < 4.78 is 3.85. The second-order valence-electron chi connectivity index (χ2n) is 7.08. The van der Waals surface area contributed by atoms with Crippen LogP contribution in [0.15, 0.2) is 59.4 Å². The summed E-state index contributed by atoms with van der Waals surface area (Å²) in [5, 5.41) is 27.0. The lowest BCUT2D eigenvalue weighted by molar-refractivity contribution is -0.279. The summed E-state index contributed by atoms with van der Waals surface area (Å²) in [6, 6.07) is 15.9. The van der Waals surface area contributed by atoms with Gasteiger partial charge in [-0.1, -0.05) is 35.6 Å². The summed E-state index contributed by atoms with van der Waals surface area (Å²) in [6.45, 7) is 2.20. The van der Waals surface area contributed by atoms with Crippen molar-refractivity contribution < 1.29 is 10.2 Å². The van der Waals surface area contributed by atoms with Crippen LogP contribution in [0.5, 0.6) is 11.6 Å². The van der Waals surface area contributed by atoms with E-state index in [0.29, 0.717) is 35.0 Å². The lowest BCUT2D eigenvalue weighted by Crippen LogP contribution is -2.18. The van der Waals surface area contributed by atoms with Gasteiger partial charge < -0.3 is 14.8 Å². The first-order chi connectivity index (χ1) is 14.5. The van der Waals surface area contributed by atoms with Crippen LogP contribution in [0.1, 0.15) is 11.3 Å². The van der Waals surface area contributed by atoms with Crippen molar-refractivity contribution in [3.8, 4) is 28.0 Å². The second-order valence-corrected chi connectivity index (χ2v) is 8.09. The molecular formula is C22H17N4O3S-. The Morgan fingerprint density at radius 3 is 2.67 bits per heavy atom. The van der Waals surface area contributed by atoms with E-state index >= 15 is 0 Å². The van der Waals surface area contributed by atoms with Crippen LogP contribution in [0.2, 0.25) is 0 Å². The third kappa shape index (κ3) is 3.02. The maximum absolute atomic E-state index is 13.1. The number of thiazole rings is 1. The third-order valence-electron chi connectivity index (χ3n) is 5.19. The molecule has 2 aromatic carbocycles. The van der Waals surface area contributed by atoms with Crippen molar-refractivity contribution >= 4 is 21.6 Å². The molecule has 0 saturated heterocycles. The monoisotopic (exact) mass is 417 g/mol. The predicted molar refractivity (Wildman–Crippen MR) is 114 cm³/mol. The number of fused-ring (bicyclic) bond motifs is 2. The van der Waals surface area contributed by atoms with Gasteiger partial charge in [-0.3, -0.25) is 4.79 Å². The van der Waals surface area contributed by atoms with E-state index in [0.717, 1.165) is 15.8 Å². The van der Waals surface area contributed by atoms with E-state index < -0.39 is 0 Å². The van der Waals surface area contributed by atoms with Crippen LogP contribution in [0.4, 0.5) is 0 Å². The van der Waals surface area contributed by atoms with Crippen molar-refractivity contribution in [3.63, 3.8) is 0 Å². The highest BCUT2D eigenvalue weighted by Gasteiger charge is 2.22. The zero-order chi connectivity index (χ0) is 20.8. The average Bonchev–Trinajstić information content (AvgIpc) is 3.30. The molecule has 30 heavy (non-hydrogen) atoms. The molecule has 5 rings (SSSR count). The van der Waals surface area contributed by atoms with Gasteiger partial charge in [0.2, 0.25) is 5.13 Å². The number of phenolic OH excluding ortho intramolecular Hbond substituents is 1. The minimum atomic E-state index is -0.278. The van der Waals surface area contributed by atoms with Crippen molar-refractivity contribution in [2.24, 2.45) is 0 Å². The lowest BCUT2D eigenvalue weighted by Gasteiger charge is -2.22. The van der Waals surface area contributed by atoms with Crippen LogP contribution in [0.25, 0.3) is 26.6 Å². The van der Waals surface area contributed by atoms with Crippen molar-refractivity contribution in [2.45, 2.75) is 19.9 Å². The van der Waals surface area contributed by atoms with Gasteiger partial charge in [0.25, 0.3) is 5.56 Å². The van der Waals surface area contributed by atoms with Gasteiger partial charge in [-0.15, -0.1) is 0 Å². The fourth-order valence-electron chi connectivity index (χ4n) is 3.62. The Balaban J connectivity index is 1.56. The minimum Gasteiger partial charge on any atom is -0.860 e. The number of aryl methyl sites for hydroxylation is 1. The average molecular weight is 417 g/mol. The molecule has 2 aliphatic heterocycles. The smallest absolute Gasteiger partial charge is 0.284 e. The van der Waals surface area contributed by atoms with E-state index in [-0.39, 0.29) is 17.2 Å². The van der Waals surface area contributed by atoms with Gasteiger partial charge in [0.1, 0.15) is 5.75 Å². The van der Waals surface area contributed by atoms with E-state index in [1.54, 1.807) is 23.6 Å². The van der Waals surface area contributed by atoms with E-state index in [9.17, 15) is 15.0 Å². The number of rotatable bonds is 4. The molecule has 8 heteroatoms. The molecule has 3 aromatic rings. The Hall–Kier alpha value is -3.65. The molecule has 0 atom stereocenters. The fourth-order valence-corrected chi connectivity index (χ4v) is 4.53. The number of nitrogens with zero attached hydrogens (tertiary/aromatic N) is 4. The van der Waals surface area contributed by atoms with E-state index in [2.05, 4.69) is 10.1 Å². The quantitative estimate of drug-likeness (QED) is 0.485. The highest BCUT2D eigenvalue weighted by molar-refractivity contribution is 7.20. The molecule has 2 aliphatic rings. The van der Waals surface area contributed by atoms with Crippen LogP contribution < -0.4 is 10.7 Å². The van der Waals surface area contributed by atoms with Crippen LogP contribution in [0.3, 0.4) is 0 Å². The Kier molecular flexibility index (Phi) is 4.29. The first-order valence-electron chi connectivity index (χ1n) is 9.45. The summed E-state index contributed by atoms with van der Waals surface area (Å²) in [6.07, 6.45) is 0.604. The van der Waals surface area contributed by atoms with Gasteiger partial charge in [-0.05, 0) is 55.1 Å². The summed E-state index contributed by atoms with van der Waals surface area (Å²) in [7, 11) is 0. The first kappa shape index (κ1) is 18.4. The topological polar surface area (TPSA) is 96.0 Å². The Morgan fingerprint density at radius 2 is 1.90 bits per heavy atom. The molecule has 0 unspecified atom stereocenters. The molecule has 3 heterocycles. The number of benzene rings is 2. The molecule has 0 radical (unpaired) electrons. The van der Waals surface area contributed by atoms with E-state index in [4.69, 9.17) is 0 Å². The Bertz CT molecular complexity index is 1370. The molecule has 0 aliphatic carbocycles. The number of para-hydroxylation sites is 1. The number of hydrogen-bond acceptors (Lipinski definition) is 6. The number of pyridine rings is 1. The van der Waals surface area contributed by atoms with E-state index in [1.807, 2.05) is 36.4 Å². The Labute approximate surface area is 175 Å². The van der Waals surface area contributed by atoms with Crippen LogP contribution in [0, 0.1) is 6.92 Å². The van der Waals surface area contributed by atoms with Gasteiger partial charge in [0, 0.05) is 12.2 Å². The van der Waals surface area contributed by atoms with Crippen molar-refractivity contribution in [3.05, 3.63) is 76.2 Å². The highest BCUT2D eigenvalue weighted by Crippen LogP contribution is 2.29. The van der Waals surface area contributed by atoms with Crippen LogP contribution in [-0.2, 0) is 13.0 Å². The van der Waals surface area contributed by atoms with Gasteiger partial charge in [0.05, 0.1) is 21.5 Å². The summed E-state index contributed by atoms with van der Waals surface area (Å²) in [4.78, 5) is 17.6. The number of aromatic hydroxyl groups is 1. The van der Waals surface area contributed by atoms with Gasteiger partial charge in [0.15, 0.2) is 0 Å². The third-order valence-corrected chi connectivity index (χ3v) is 6.20. The molecule has 150 valence electrons. The SMILES string of the molecule is Cc1c2c(=O)n(-c3nc4ccccc4s3)nc-2cc([O-])n1CCc1ccc(O)cc1. The number of phenols is 1. The largest absolute Gasteiger partial charge is 0.860 e. The zero-order valence-corrected chi connectivity index (χ0v) is 16.9. The van der Waals surface area contributed by atoms with Crippen LogP contribution in [-0.4, -0.2) is 24.4 Å². The Morgan fingerprint density at radius 1 is 1.13 bits per heavy atom. The van der Waals surface area contributed by atoms with E-state index in [1.165, 1.54) is 22.1 Å². The maximum atomic E-state index is 13.1. The molecule has 1 N–H and O–H groups in total. The molecule has 1 aromatic heterocycles.